The van der Waals surface area contributed by atoms with E-state index in [0.717, 1.165) is 22.1 Å². The van der Waals surface area contributed by atoms with Gasteiger partial charge in [-0.05, 0) is 40.2 Å². The van der Waals surface area contributed by atoms with Gasteiger partial charge in [-0.25, -0.2) is 0 Å². The standard InChI is InChI=1S/C17H24N4OS/c1-11-9-7-8-10-13(11)14-19-20-16(21(14)6)23-12(2)15(22)18-17(3,4)5/h7-10,12H,1-6H3,(H,18,22)/t12-/m1/s1. The molecule has 0 unspecified atom stereocenters. The molecule has 1 aromatic carbocycles. The number of benzene rings is 1. The highest BCUT2D eigenvalue weighted by molar-refractivity contribution is 8.00. The molecule has 0 saturated heterocycles. The number of amides is 1. The van der Waals surface area contributed by atoms with E-state index >= 15 is 0 Å². The Hall–Kier alpha value is -1.82. The third-order valence-electron chi connectivity index (χ3n) is 3.37. The van der Waals surface area contributed by atoms with Gasteiger partial charge < -0.3 is 9.88 Å². The summed E-state index contributed by atoms with van der Waals surface area (Å²) in [7, 11) is 1.93. The summed E-state index contributed by atoms with van der Waals surface area (Å²) in [5.41, 5.74) is 1.97. The molecule has 6 heteroatoms. The van der Waals surface area contributed by atoms with Gasteiger partial charge in [0.1, 0.15) is 0 Å². The molecule has 2 rings (SSSR count). The molecule has 0 radical (unpaired) electrons. The second kappa shape index (κ2) is 6.74. The molecule has 0 aliphatic rings. The number of nitrogens with zero attached hydrogens (tertiary/aromatic N) is 3. The van der Waals surface area contributed by atoms with Gasteiger partial charge in [0.2, 0.25) is 5.91 Å². The Morgan fingerprint density at radius 1 is 1.26 bits per heavy atom. The summed E-state index contributed by atoms with van der Waals surface area (Å²) in [6.45, 7) is 9.85. The lowest BCUT2D eigenvalue weighted by Gasteiger charge is -2.22. The molecule has 2 aromatic rings. The van der Waals surface area contributed by atoms with Gasteiger partial charge in [-0.3, -0.25) is 4.79 Å². The molecule has 23 heavy (non-hydrogen) atoms. The molecule has 124 valence electrons. The molecule has 5 nitrogen and oxygen atoms in total. The Morgan fingerprint density at radius 2 is 1.91 bits per heavy atom. The van der Waals surface area contributed by atoms with Crippen LogP contribution in [0.1, 0.15) is 33.3 Å². The lowest BCUT2D eigenvalue weighted by Crippen LogP contribution is -2.44. The van der Waals surface area contributed by atoms with Crippen molar-refractivity contribution >= 4 is 17.7 Å². The van der Waals surface area contributed by atoms with E-state index in [1.165, 1.54) is 11.8 Å². The number of thioether (sulfide) groups is 1. The van der Waals surface area contributed by atoms with E-state index in [0.29, 0.717) is 0 Å². The van der Waals surface area contributed by atoms with Gasteiger partial charge in [-0.1, -0.05) is 36.0 Å². The number of nitrogens with one attached hydrogen (secondary N) is 1. The summed E-state index contributed by atoms with van der Waals surface area (Å²) >= 11 is 1.42. The number of hydrogen-bond acceptors (Lipinski definition) is 4. The van der Waals surface area contributed by atoms with Crippen LogP contribution in [0.25, 0.3) is 11.4 Å². The fourth-order valence-electron chi connectivity index (χ4n) is 2.16. The molecular weight excluding hydrogens is 308 g/mol. The molecule has 1 aromatic heterocycles. The normalized spacial score (nSPS) is 13.0. The van der Waals surface area contributed by atoms with Crippen LogP contribution >= 0.6 is 11.8 Å². The van der Waals surface area contributed by atoms with Crippen molar-refractivity contribution in [1.29, 1.82) is 0 Å². The second-order valence-electron chi connectivity index (χ2n) is 6.68. The molecule has 0 spiro atoms. The summed E-state index contributed by atoms with van der Waals surface area (Å²) in [5.74, 6) is 0.817. The lowest BCUT2D eigenvalue weighted by molar-refractivity contribution is -0.121. The number of carbonyl (C=O) groups is 1. The highest BCUT2D eigenvalue weighted by Gasteiger charge is 2.22. The maximum Gasteiger partial charge on any atom is 0.233 e. The average molecular weight is 332 g/mol. The van der Waals surface area contributed by atoms with Crippen LogP contribution in [0.2, 0.25) is 0 Å². The van der Waals surface area contributed by atoms with E-state index in [1.54, 1.807) is 0 Å². The zero-order valence-electron chi connectivity index (χ0n) is 14.5. The summed E-state index contributed by atoms with van der Waals surface area (Å²) in [4.78, 5) is 12.2. The van der Waals surface area contributed by atoms with Crippen LogP contribution in [-0.2, 0) is 11.8 Å². The van der Waals surface area contributed by atoms with Crippen LogP contribution in [0.15, 0.2) is 29.4 Å². The van der Waals surface area contributed by atoms with Crippen molar-refractivity contribution in [3.8, 4) is 11.4 Å². The molecule has 1 amide bonds. The van der Waals surface area contributed by atoms with Gasteiger partial charge >= 0.3 is 0 Å². The zero-order chi connectivity index (χ0) is 17.2. The van der Waals surface area contributed by atoms with Crippen molar-refractivity contribution in [2.75, 3.05) is 0 Å². The minimum atomic E-state index is -0.238. The van der Waals surface area contributed by atoms with E-state index < -0.39 is 0 Å². The fourth-order valence-corrected chi connectivity index (χ4v) is 2.97. The van der Waals surface area contributed by atoms with Crippen LogP contribution in [0.4, 0.5) is 0 Å². The second-order valence-corrected chi connectivity index (χ2v) is 7.99. The third kappa shape index (κ3) is 4.34. The highest BCUT2D eigenvalue weighted by Crippen LogP contribution is 2.27. The third-order valence-corrected chi connectivity index (χ3v) is 4.50. The Balaban J connectivity index is 2.17. The Bertz CT molecular complexity index is 703. The van der Waals surface area contributed by atoms with Gasteiger partial charge in [0.25, 0.3) is 0 Å². The van der Waals surface area contributed by atoms with Crippen molar-refractivity contribution < 1.29 is 4.79 Å². The zero-order valence-corrected chi connectivity index (χ0v) is 15.4. The first kappa shape index (κ1) is 17.5. The van der Waals surface area contributed by atoms with E-state index in [1.807, 2.05) is 57.5 Å². The minimum absolute atomic E-state index is 0.00272. The smallest absolute Gasteiger partial charge is 0.233 e. The first-order valence-electron chi connectivity index (χ1n) is 7.63. The summed E-state index contributed by atoms with van der Waals surface area (Å²) in [6.07, 6.45) is 0. The van der Waals surface area contributed by atoms with Crippen LogP contribution in [0, 0.1) is 6.92 Å². The van der Waals surface area contributed by atoms with Crippen LogP contribution in [-0.4, -0.2) is 31.5 Å². The summed E-state index contributed by atoms with van der Waals surface area (Å²) in [5, 5.41) is 12.0. The molecule has 0 fully saturated rings. The number of carbonyl (C=O) groups excluding carboxylic acids is 1. The SMILES string of the molecule is Cc1ccccc1-c1nnc(S[C@H](C)C(=O)NC(C)(C)C)n1C. The monoisotopic (exact) mass is 332 g/mol. The van der Waals surface area contributed by atoms with E-state index in [4.69, 9.17) is 0 Å². The molecule has 0 aliphatic heterocycles. The van der Waals surface area contributed by atoms with Crippen LogP contribution < -0.4 is 5.32 Å². The van der Waals surface area contributed by atoms with Crippen molar-refractivity contribution in [2.24, 2.45) is 7.05 Å². The predicted octanol–water partition coefficient (Wildman–Crippen LogP) is 3.19. The molecule has 0 saturated carbocycles. The molecule has 0 aliphatic carbocycles. The molecule has 1 N–H and O–H groups in total. The number of aromatic nitrogens is 3. The van der Waals surface area contributed by atoms with Crippen molar-refractivity contribution in [1.82, 2.24) is 20.1 Å². The fraction of sp³-hybridized carbons (Fsp3) is 0.471. The first-order chi connectivity index (χ1) is 10.7. The molecular formula is C17H24N4OS. The largest absolute Gasteiger partial charge is 0.351 e. The van der Waals surface area contributed by atoms with Crippen LogP contribution in [0.3, 0.4) is 0 Å². The number of rotatable bonds is 4. The highest BCUT2D eigenvalue weighted by atomic mass is 32.2. The van der Waals surface area contributed by atoms with Crippen LogP contribution in [0.5, 0.6) is 0 Å². The molecule has 1 heterocycles. The van der Waals surface area contributed by atoms with Crippen molar-refractivity contribution in [3.63, 3.8) is 0 Å². The molecule has 1 atom stereocenters. The lowest BCUT2D eigenvalue weighted by atomic mass is 10.1. The summed E-state index contributed by atoms with van der Waals surface area (Å²) in [6, 6.07) is 8.08. The number of aryl methyl sites for hydroxylation is 1. The summed E-state index contributed by atoms with van der Waals surface area (Å²) < 4.78 is 1.94. The van der Waals surface area contributed by atoms with Gasteiger partial charge in [0.15, 0.2) is 11.0 Å². The van der Waals surface area contributed by atoms with Gasteiger partial charge in [-0.15, -0.1) is 10.2 Å². The Morgan fingerprint density at radius 3 is 2.52 bits per heavy atom. The topological polar surface area (TPSA) is 59.8 Å². The minimum Gasteiger partial charge on any atom is -0.351 e. The van der Waals surface area contributed by atoms with Crippen molar-refractivity contribution in [3.05, 3.63) is 29.8 Å². The maximum absolute atomic E-state index is 12.2. The maximum atomic E-state index is 12.2. The van der Waals surface area contributed by atoms with Gasteiger partial charge in [0, 0.05) is 18.2 Å². The first-order valence-corrected chi connectivity index (χ1v) is 8.51. The van der Waals surface area contributed by atoms with Crippen molar-refractivity contribution in [2.45, 2.75) is 50.6 Å². The average Bonchev–Trinajstić information content (AvgIpc) is 2.79. The van der Waals surface area contributed by atoms with E-state index in [-0.39, 0.29) is 16.7 Å². The predicted molar refractivity (Wildman–Crippen MR) is 94.4 cm³/mol. The van der Waals surface area contributed by atoms with E-state index in [2.05, 4.69) is 28.5 Å². The molecule has 0 bridgehead atoms. The van der Waals surface area contributed by atoms with Gasteiger partial charge in [0.05, 0.1) is 5.25 Å². The Labute approximate surface area is 141 Å². The Kier molecular flexibility index (Phi) is 5.14. The quantitative estimate of drug-likeness (QED) is 0.874. The van der Waals surface area contributed by atoms with Gasteiger partial charge in [-0.2, -0.15) is 0 Å². The number of hydrogen-bond donors (Lipinski definition) is 1. The van der Waals surface area contributed by atoms with E-state index in [9.17, 15) is 4.79 Å².